The van der Waals surface area contributed by atoms with Crippen molar-refractivity contribution in [3.8, 4) is 0 Å². The van der Waals surface area contributed by atoms with E-state index in [0.29, 0.717) is 55.9 Å². The molecule has 0 radical (unpaired) electrons. The molecule has 9 rings (SSSR count). The Bertz CT molecular complexity index is 4350. The number of nitrogens with two attached hydrogens (primary N) is 1. The normalized spacial score (nSPS) is 14.6. The van der Waals surface area contributed by atoms with Crippen LogP contribution in [0.4, 0.5) is 13.2 Å². The number of aliphatic hydroxyl groups excluding tert-OH is 1. The molecule has 0 spiro atoms. The van der Waals surface area contributed by atoms with Crippen LogP contribution in [0.25, 0.3) is 0 Å². The molecule has 1 amide bonds. The van der Waals surface area contributed by atoms with Crippen LogP contribution in [0, 0.1) is 35.5 Å². The van der Waals surface area contributed by atoms with Crippen molar-refractivity contribution in [3.05, 3.63) is 225 Å². The van der Waals surface area contributed by atoms with E-state index in [1.807, 2.05) is 215 Å². The summed E-state index contributed by atoms with van der Waals surface area (Å²) >= 11 is 20.5. The number of amides is 1. The number of nitrogens with zero attached hydrogens (tertiary/aromatic N) is 2. The Hall–Kier alpha value is -5.71. The fraction of sp³-hybridized carbons (Fsp3) is 0.545. The Morgan fingerprint density at radius 2 is 0.746 bits per heavy atom. The smallest absolute Gasteiger partial charge is 0.389 e. The van der Waals surface area contributed by atoms with Crippen molar-refractivity contribution < 1.29 is 66.4 Å². The van der Waals surface area contributed by atoms with Crippen molar-refractivity contribution in [3.63, 3.8) is 0 Å². The third-order valence-corrected chi connectivity index (χ3v) is 25.5. The van der Waals surface area contributed by atoms with Gasteiger partial charge in [-0.3, -0.25) is 33.6 Å². The summed E-state index contributed by atoms with van der Waals surface area (Å²) in [6.07, 6.45) is 7.89. The maximum Gasteiger partial charge on any atom is 0.415 e. The van der Waals surface area contributed by atoms with Gasteiger partial charge in [0.25, 0.3) is 0 Å². The number of aryl methyl sites for hydroxylation is 1. The molecule has 130 heavy (non-hydrogen) atoms. The van der Waals surface area contributed by atoms with Crippen LogP contribution in [0.3, 0.4) is 0 Å². The average molecular weight is 2190 g/mol. The molecule has 7 atom stereocenters. The summed E-state index contributed by atoms with van der Waals surface area (Å²) in [6, 6.07) is 48.0. The van der Waals surface area contributed by atoms with Gasteiger partial charge in [0.1, 0.15) is 34.7 Å². The Kier molecular flexibility index (Phi) is 57.0. The van der Waals surface area contributed by atoms with E-state index in [4.69, 9.17) is 20.3 Å². The lowest BCUT2D eigenvalue weighted by atomic mass is 9.86. The molecule has 29 heteroatoms. The molecule has 2 fully saturated rings. The number of ether oxygens (including phenoxy) is 2. The summed E-state index contributed by atoms with van der Waals surface area (Å²) in [5.41, 5.74) is 10.8. The number of hydrogen-bond donors (Lipinski definition) is 9. The molecular weight excluding hydrogens is 2050 g/mol. The van der Waals surface area contributed by atoms with Gasteiger partial charge in [-0.15, -0.1) is 0 Å². The number of hydrogen-bond acceptors (Lipinski definition) is 18. The van der Waals surface area contributed by atoms with Crippen LogP contribution in [0.5, 0.6) is 0 Å². The van der Waals surface area contributed by atoms with Crippen LogP contribution in [-0.2, 0) is 49.6 Å². The number of methoxy groups -OCH3 is 1. The number of Topliss-reactive ketones (excluding diaryl/α,β-unsaturated/α-hetero) is 6. The fourth-order valence-electron chi connectivity index (χ4n) is 14.4. The number of rotatable bonds is 50. The maximum atomic E-state index is 12.6. The topological polar surface area (TPSA) is 294 Å². The monoisotopic (exact) mass is 2190 g/mol. The number of carbonyl (C=O) groups is 7. The summed E-state index contributed by atoms with van der Waals surface area (Å²) in [5, 5.41) is 37.9. The minimum Gasteiger partial charge on any atom is -0.389 e. The highest BCUT2D eigenvalue weighted by Crippen LogP contribution is 2.36. The van der Waals surface area contributed by atoms with Crippen molar-refractivity contribution in [1.82, 2.24) is 41.5 Å². The third kappa shape index (κ3) is 46.7. The zero-order valence-corrected chi connectivity index (χ0v) is 87.5. The first kappa shape index (κ1) is 117. The lowest BCUT2D eigenvalue weighted by Gasteiger charge is -2.25. The predicted molar refractivity (Wildman–Crippen MR) is 538 cm³/mol. The maximum absolute atomic E-state index is 12.6. The minimum absolute atomic E-state index is 0.0135. The fourth-order valence-corrected chi connectivity index (χ4v) is 16.0. The molecule has 1 saturated heterocycles. The SMILES string of the molecule is CC(C)C(=O)[C@H](CCNC1CCOCC1)c1ccc(Br)cc1.CC(C)C(=O)[C@H](CCNCC(N)=O)c1ccc(Br)cc1.CC(C)C(=O)[C@H](CCNCC(O)C(F)(F)F)c1ccc(Br)cc1.CC(C)C(=O)[C@H](CCNCC1(O)CC1)c1ccc(Br)cc1.CC(C)C(=O)[C@H](CCNCCCn1ccnc1)c1ccc(Br)cc1.COCCNCC[C@@H](C(=O)C(C)C)c1ccc(Br)cc1. The van der Waals surface area contributed by atoms with E-state index in [-0.39, 0.29) is 107 Å². The number of aliphatic hydroxyl groups is 2. The van der Waals surface area contributed by atoms with Gasteiger partial charge in [-0.1, -0.05) is 251 Å². The zero-order valence-electron chi connectivity index (χ0n) is 78.0. The molecule has 10 N–H and O–H groups in total. The van der Waals surface area contributed by atoms with E-state index >= 15 is 0 Å². The number of halogens is 9. The molecule has 2 heterocycles. The first-order valence-electron chi connectivity index (χ1n) is 45.5. The van der Waals surface area contributed by atoms with Crippen molar-refractivity contribution in [2.75, 3.05) is 98.9 Å². The largest absolute Gasteiger partial charge is 0.415 e. The van der Waals surface area contributed by atoms with E-state index in [1.54, 1.807) is 27.2 Å². The Morgan fingerprint density at radius 3 is 1.02 bits per heavy atom. The van der Waals surface area contributed by atoms with E-state index < -0.39 is 24.4 Å². The number of benzene rings is 6. The van der Waals surface area contributed by atoms with Crippen LogP contribution in [-0.4, -0.2) is 183 Å². The summed E-state index contributed by atoms with van der Waals surface area (Å²) in [6.45, 7) is 32.6. The third-order valence-electron chi connectivity index (χ3n) is 22.4. The number of imidazole rings is 1. The van der Waals surface area contributed by atoms with Crippen LogP contribution in [0.2, 0.25) is 0 Å². The first-order chi connectivity index (χ1) is 61.7. The number of aromatic nitrogens is 2. The second-order valence-electron chi connectivity index (χ2n) is 35.0. The van der Waals surface area contributed by atoms with Gasteiger partial charge in [0.15, 0.2) is 6.10 Å². The molecule has 6 aromatic carbocycles. The van der Waals surface area contributed by atoms with Crippen LogP contribution in [0.1, 0.15) is 223 Å². The quantitative estimate of drug-likeness (QED) is 0.0160. The van der Waals surface area contributed by atoms with Crippen molar-refractivity contribution >= 4 is 136 Å². The number of nitrogens with one attached hydrogen (secondary N) is 6. The number of carbonyl (C=O) groups excluding carboxylic acids is 7. The Balaban J connectivity index is 0.000000327. The van der Waals surface area contributed by atoms with Crippen molar-refractivity contribution in [2.45, 2.75) is 220 Å². The van der Waals surface area contributed by atoms with Gasteiger partial charge >= 0.3 is 6.18 Å². The molecule has 0 bridgehead atoms. The van der Waals surface area contributed by atoms with E-state index in [9.17, 15) is 51.8 Å². The summed E-state index contributed by atoms with van der Waals surface area (Å²) in [4.78, 5) is 89.3. The molecule has 20 nitrogen and oxygen atoms in total. The minimum atomic E-state index is -4.63. The van der Waals surface area contributed by atoms with Gasteiger partial charge in [0, 0.05) is 163 Å². The summed E-state index contributed by atoms with van der Waals surface area (Å²) in [5.74, 6) is 0.479. The molecular formula is C101H142Br6F3N9O11. The highest BCUT2D eigenvalue weighted by atomic mass is 79.9. The molecule has 720 valence electrons. The predicted octanol–water partition coefficient (Wildman–Crippen LogP) is 20.5. The molecule has 1 aromatic heterocycles. The van der Waals surface area contributed by atoms with Crippen molar-refractivity contribution in [2.24, 2.45) is 41.2 Å². The summed E-state index contributed by atoms with van der Waals surface area (Å²) < 4.78 is 55.2. The van der Waals surface area contributed by atoms with Gasteiger partial charge in [0.05, 0.1) is 25.1 Å². The standard InChI is InChI=1S/C19H26BrN3O.C18H26BrNO2.C17H24BrNO2.C16H21BrF3NO2.C16H24BrNO2.C15H21BrN2O2/c1-15(2)19(24)18(16-4-6-17(20)7-5-16)8-10-21-9-3-12-23-13-11-22-14-23;1-13(2)18(21)17(14-3-5-15(19)6-4-14)7-10-20-16-8-11-22-12-9-16;1-12(2)16(20)15(13-3-5-14(18)6-4-13)7-10-19-11-17(21)8-9-17;1-10(2)15(23)13(11-3-5-12(17)6-4-11)7-8-21-9-14(22)16(18,19)20;1-12(2)16(19)15(8-9-18-10-11-20-3)13-4-6-14(17)7-5-13;1-10(2)15(20)13(7-8-18-9-14(17)19)11-3-5-12(16)6-4-11/h4-7,11,13-15,18,21H,3,8-10,12H2,1-2H3;3-6,13,16-17,20H,7-12H2,1-2H3;3-6,12,15,19,21H,7-11H2,1-2H3;3-6,10,13-14,21-22H,7-9H2,1-2H3;4-7,12,15,18H,8-11H2,1-3H3;3-6,10,13,18H,7-9H2,1-2H3,(H2,17,19)/t18-;17-;15-;13-,14?;15-;13-/m111111/s1. The van der Waals surface area contributed by atoms with Gasteiger partial charge in [-0.05, 0) is 223 Å². The molecule has 1 aliphatic carbocycles. The number of primary amides is 1. The second kappa shape index (κ2) is 63.6. The molecule has 1 unspecified atom stereocenters. The zero-order chi connectivity index (χ0) is 96.5. The van der Waals surface area contributed by atoms with Crippen LogP contribution < -0.4 is 37.6 Å². The highest BCUT2D eigenvalue weighted by Gasteiger charge is 2.40. The molecule has 7 aromatic rings. The average Bonchev–Trinajstić information content (AvgIpc) is 1.65. The van der Waals surface area contributed by atoms with E-state index in [0.717, 1.165) is 177 Å². The lowest BCUT2D eigenvalue weighted by molar-refractivity contribution is -0.201. The van der Waals surface area contributed by atoms with E-state index in [2.05, 4.69) is 149 Å². The second-order valence-corrected chi connectivity index (χ2v) is 40.5. The molecule has 2 aliphatic rings. The van der Waals surface area contributed by atoms with Gasteiger partial charge in [0.2, 0.25) is 5.91 Å². The molecule has 1 aliphatic heterocycles. The first-order valence-corrected chi connectivity index (χ1v) is 50.2. The number of alkyl halides is 3. The van der Waals surface area contributed by atoms with Gasteiger partial charge in [-0.25, -0.2) is 4.98 Å². The Morgan fingerprint density at radius 1 is 0.454 bits per heavy atom. The Labute approximate surface area is 821 Å². The van der Waals surface area contributed by atoms with Gasteiger partial charge in [-0.2, -0.15) is 13.2 Å². The highest BCUT2D eigenvalue weighted by molar-refractivity contribution is 9.11. The van der Waals surface area contributed by atoms with E-state index in [1.165, 1.54) is 0 Å². The number of ketones is 6. The van der Waals surface area contributed by atoms with Gasteiger partial charge < -0.3 is 61.9 Å². The van der Waals surface area contributed by atoms with Crippen molar-refractivity contribution in [1.29, 1.82) is 0 Å². The summed E-state index contributed by atoms with van der Waals surface area (Å²) in [7, 11) is 1.69. The lowest BCUT2D eigenvalue weighted by Crippen LogP contribution is -2.39. The van der Waals surface area contributed by atoms with Crippen LogP contribution in [0.15, 0.2) is 191 Å². The van der Waals surface area contributed by atoms with Crippen LogP contribution >= 0.6 is 95.6 Å². The molecule has 1 saturated carbocycles.